The van der Waals surface area contributed by atoms with Crippen LogP contribution in [-0.4, -0.2) is 5.78 Å². The van der Waals surface area contributed by atoms with Crippen LogP contribution in [0, 0.1) is 18.6 Å². The van der Waals surface area contributed by atoms with Gasteiger partial charge >= 0.3 is 0 Å². The lowest BCUT2D eigenvalue weighted by atomic mass is 10.0. The van der Waals surface area contributed by atoms with E-state index in [0.29, 0.717) is 10.6 Å². The average molecular weight is 281 g/mol. The smallest absolute Gasteiger partial charge is 0.167 e. The highest BCUT2D eigenvalue weighted by atomic mass is 35.5. The molecule has 2 rings (SSSR count). The summed E-state index contributed by atoms with van der Waals surface area (Å²) in [5, 5.41) is 0.458. The van der Waals surface area contributed by atoms with Crippen LogP contribution in [0.25, 0.3) is 0 Å². The first-order valence-electron chi connectivity index (χ1n) is 5.71. The molecule has 0 heterocycles. The SMILES string of the molecule is Cc1ccc(C(=O)Cc2c(F)cccc2F)cc1Cl. The summed E-state index contributed by atoms with van der Waals surface area (Å²) < 4.78 is 26.9. The maximum absolute atomic E-state index is 13.5. The molecule has 0 aliphatic carbocycles. The molecule has 19 heavy (non-hydrogen) atoms. The first kappa shape index (κ1) is 13.7. The largest absolute Gasteiger partial charge is 0.294 e. The second kappa shape index (κ2) is 5.49. The zero-order valence-electron chi connectivity index (χ0n) is 10.2. The van der Waals surface area contributed by atoms with Gasteiger partial charge in [-0.05, 0) is 30.7 Å². The Morgan fingerprint density at radius 1 is 1.16 bits per heavy atom. The third-order valence-corrected chi connectivity index (χ3v) is 3.30. The van der Waals surface area contributed by atoms with Crippen molar-refractivity contribution in [2.75, 3.05) is 0 Å². The highest BCUT2D eigenvalue weighted by Gasteiger charge is 2.15. The predicted molar refractivity (Wildman–Crippen MR) is 70.6 cm³/mol. The Morgan fingerprint density at radius 2 is 1.79 bits per heavy atom. The number of hydrogen-bond donors (Lipinski definition) is 0. The van der Waals surface area contributed by atoms with Crippen molar-refractivity contribution >= 4 is 17.4 Å². The summed E-state index contributed by atoms with van der Waals surface area (Å²) in [5.74, 6) is -1.80. The molecule has 0 saturated carbocycles. The van der Waals surface area contributed by atoms with E-state index in [-0.39, 0.29) is 17.8 Å². The molecule has 0 saturated heterocycles. The minimum Gasteiger partial charge on any atom is -0.294 e. The van der Waals surface area contributed by atoms with Crippen molar-refractivity contribution in [3.05, 3.63) is 69.7 Å². The first-order chi connectivity index (χ1) is 8.99. The number of rotatable bonds is 3. The van der Waals surface area contributed by atoms with Gasteiger partial charge in [-0.3, -0.25) is 4.79 Å². The number of aryl methyl sites for hydroxylation is 1. The average Bonchev–Trinajstić information content (AvgIpc) is 2.37. The molecule has 0 atom stereocenters. The summed E-state index contributed by atoms with van der Waals surface area (Å²) in [7, 11) is 0. The van der Waals surface area contributed by atoms with Gasteiger partial charge in [0.15, 0.2) is 5.78 Å². The molecule has 0 aliphatic heterocycles. The van der Waals surface area contributed by atoms with Gasteiger partial charge in [0.25, 0.3) is 0 Å². The molecular weight excluding hydrogens is 270 g/mol. The Hall–Kier alpha value is -1.74. The number of Topliss-reactive ketones (excluding diaryl/α,β-unsaturated/α-hetero) is 1. The molecule has 0 bridgehead atoms. The lowest BCUT2D eigenvalue weighted by Gasteiger charge is -2.06. The molecule has 98 valence electrons. The van der Waals surface area contributed by atoms with E-state index in [1.54, 1.807) is 12.1 Å². The minimum atomic E-state index is -0.716. The highest BCUT2D eigenvalue weighted by Crippen LogP contribution is 2.19. The molecule has 0 aliphatic rings. The molecule has 0 fully saturated rings. The second-order valence-corrected chi connectivity index (χ2v) is 4.67. The minimum absolute atomic E-state index is 0.218. The van der Waals surface area contributed by atoms with Gasteiger partial charge in [0.2, 0.25) is 0 Å². The van der Waals surface area contributed by atoms with Crippen LogP contribution < -0.4 is 0 Å². The van der Waals surface area contributed by atoms with Crippen LogP contribution in [0.1, 0.15) is 21.5 Å². The molecular formula is C15H11ClF2O. The van der Waals surface area contributed by atoms with Crippen molar-refractivity contribution < 1.29 is 13.6 Å². The van der Waals surface area contributed by atoms with E-state index < -0.39 is 11.6 Å². The van der Waals surface area contributed by atoms with Gasteiger partial charge in [-0.1, -0.05) is 29.8 Å². The first-order valence-corrected chi connectivity index (χ1v) is 6.09. The quantitative estimate of drug-likeness (QED) is 0.764. The van der Waals surface area contributed by atoms with Crippen LogP contribution in [-0.2, 0) is 6.42 Å². The van der Waals surface area contributed by atoms with E-state index >= 15 is 0 Å². The van der Waals surface area contributed by atoms with E-state index in [4.69, 9.17) is 11.6 Å². The Labute approximate surface area is 114 Å². The molecule has 0 amide bonds. The van der Waals surface area contributed by atoms with Crippen molar-refractivity contribution in [1.82, 2.24) is 0 Å². The Balaban J connectivity index is 2.28. The Kier molecular flexibility index (Phi) is 3.96. The van der Waals surface area contributed by atoms with Crippen molar-refractivity contribution in [2.45, 2.75) is 13.3 Å². The van der Waals surface area contributed by atoms with Crippen LogP contribution >= 0.6 is 11.6 Å². The van der Waals surface area contributed by atoms with Gasteiger partial charge in [-0.2, -0.15) is 0 Å². The molecule has 0 unspecified atom stereocenters. The van der Waals surface area contributed by atoms with E-state index in [1.807, 2.05) is 6.92 Å². The molecule has 0 radical (unpaired) electrons. The van der Waals surface area contributed by atoms with Crippen molar-refractivity contribution in [1.29, 1.82) is 0 Å². The third kappa shape index (κ3) is 2.99. The number of halogens is 3. The second-order valence-electron chi connectivity index (χ2n) is 4.26. The van der Waals surface area contributed by atoms with Crippen LogP contribution in [0.5, 0.6) is 0 Å². The van der Waals surface area contributed by atoms with Gasteiger partial charge in [-0.15, -0.1) is 0 Å². The molecule has 2 aromatic carbocycles. The van der Waals surface area contributed by atoms with Crippen molar-refractivity contribution in [2.24, 2.45) is 0 Å². The maximum atomic E-state index is 13.5. The Bertz CT molecular complexity index is 618. The summed E-state index contributed by atoms with van der Waals surface area (Å²) >= 11 is 5.92. The molecule has 0 N–H and O–H groups in total. The maximum Gasteiger partial charge on any atom is 0.167 e. The van der Waals surface area contributed by atoms with Gasteiger partial charge in [-0.25, -0.2) is 8.78 Å². The van der Waals surface area contributed by atoms with Gasteiger partial charge in [0.05, 0.1) is 0 Å². The molecule has 2 aromatic rings. The molecule has 4 heteroatoms. The van der Waals surface area contributed by atoms with Gasteiger partial charge in [0.1, 0.15) is 11.6 Å². The van der Waals surface area contributed by atoms with Crippen LogP contribution in [0.2, 0.25) is 5.02 Å². The summed E-state index contributed by atoms with van der Waals surface area (Å²) in [6.45, 7) is 1.81. The topological polar surface area (TPSA) is 17.1 Å². The van der Waals surface area contributed by atoms with E-state index in [1.165, 1.54) is 12.1 Å². The summed E-state index contributed by atoms with van der Waals surface area (Å²) in [4.78, 5) is 12.0. The summed E-state index contributed by atoms with van der Waals surface area (Å²) in [6, 6.07) is 8.34. The van der Waals surface area contributed by atoms with Crippen LogP contribution in [0.15, 0.2) is 36.4 Å². The summed E-state index contributed by atoms with van der Waals surface area (Å²) in [5.41, 5.74) is 0.970. The lowest BCUT2D eigenvalue weighted by molar-refractivity contribution is 0.0990. The number of carbonyl (C=O) groups excluding carboxylic acids is 1. The highest BCUT2D eigenvalue weighted by molar-refractivity contribution is 6.31. The Morgan fingerprint density at radius 3 is 2.37 bits per heavy atom. The zero-order chi connectivity index (χ0) is 14.0. The lowest BCUT2D eigenvalue weighted by Crippen LogP contribution is -2.07. The number of ketones is 1. The van der Waals surface area contributed by atoms with E-state index in [2.05, 4.69) is 0 Å². The fraction of sp³-hybridized carbons (Fsp3) is 0.133. The van der Waals surface area contributed by atoms with Gasteiger partial charge < -0.3 is 0 Å². The van der Waals surface area contributed by atoms with Crippen molar-refractivity contribution in [3.63, 3.8) is 0 Å². The molecule has 1 nitrogen and oxygen atoms in total. The monoisotopic (exact) mass is 280 g/mol. The third-order valence-electron chi connectivity index (χ3n) is 2.89. The van der Waals surface area contributed by atoms with Gasteiger partial charge in [0, 0.05) is 22.6 Å². The van der Waals surface area contributed by atoms with Crippen molar-refractivity contribution in [3.8, 4) is 0 Å². The van der Waals surface area contributed by atoms with Crippen LogP contribution in [0.4, 0.5) is 8.78 Å². The molecule has 0 aromatic heterocycles. The molecule has 0 spiro atoms. The standard InChI is InChI=1S/C15H11ClF2O/c1-9-5-6-10(7-12(9)16)15(19)8-11-13(17)3-2-4-14(11)18/h2-7H,8H2,1H3. The normalized spacial score (nSPS) is 10.5. The number of hydrogen-bond acceptors (Lipinski definition) is 1. The fourth-order valence-electron chi connectivity index (χ4n) is 1.73. The predicted octanol–water partition coefficient (Wildman–Crippen LogP) is 4.35. The number of carbonyl (C=O) groups is 1. The zero-order valence-corrected chi connectivity index (χ0v) is 11.0. The van der Waals surface area contributed by atoms with E-state index in [0.717, 1.165) is 17.7 Å². The fourth-order valence-corrected chi connectivity index (χ4v) is 1.91. The number of benzene rings is 2. The van der Waals surface area contributed by atoms with E-state index in [9.17, 15) is 13.6 Å². The summed E-state index contributed by atoms with van der Waals surface area (Å²) in [6.07, 6.45) is -0.322. The van der Waals surface area contributed by atoms with Crippen LogP contribution in [0.3, 0.4) is 0 Å².